The van der Waals surface area contributed by atoms with Gasteiger partial charge in [-0.1, -0.05) is 45.7 Å². The lowest BCUT2D eigenvalue weighted by Gasteiger charge is -2.35. The van der Waals surface area contributed by atoms with Crippen LogP contribution < -0.4 is 10.2 Å². The largest absolute Gasteiger partial charge is 0.369 e. The molecule has 124 valence electrons. The van der Waals surface area contributed by atoms with Gasteiger partial charge in [0, 0.05) is 38.4 Å². The molecule has 1 heterocycles. The number of piperazine rings is 1. The zero-order valence-electron chi connectivity index (χ0n) is 14.6. The molecule has 0 amide bonds. The van der Waals surface area contributed by atoms with Crippen molar-refractivity contribution in [2.45, 2.75) is 40.2 Å². The van der Waals surface area contributed by atoms with Gasteiger partial charge in [0.2, 0.25) is 0 Å². The topological polar surface area (TPSA) is 18.5 Å². The van der Waals surface area contributed by atoms with Gasteiger partial charge >= 0.3 is 0 Å². The van der Waals surface area contributed by atoms with E-state index in [4.69, 9.17) is 0 Å². The molecule has 0 saturated carbocycles. The van der Waals surface area contributed by atoms with Crippen molar-refractivity contribution >= 4 is 5.69 Å². The molecule has 3 nitrogen and oxygen atoms in total. The molecule has 0 unspecified atom stereocenters. The van der Waals surface area contributed by atoms with Crippen molar-refractivity contribution in [2.75, 3.05) is 44.2 Å². The predicted octanol–water partition coefficient (Wildman–Crippen LogP) is 3.35. The van der Waals surface area contributed by atoms with Crippen LogP contribution in [0.5, 0.6) is 0 Å². The zero-order chi connectivity index (χ0) is 15.8. The van der Waals surface area contributed by atoms with Crippen molar-refractivity contribution in [3.05, 3.63) is 29.8 Å². The number of hydrogen-bond donors (Lipinski definition) is 1. The van der Waals surface area contributed by atoms with Gasteiger partial charge in [0.1, 0.15) is 0 Å². The molecule has 2 rings (SSSR count). The van der Waals surface area contributed by atoms with Crippen LogP contribution in [-0.4, -0.2) is 44.2 Å². The first-order valence-corrected chi connectivity index (χ1v) is 9.03. The highest BCUT2D eigenvalue weighted by atomic mass is 15.3. The number of nitrogens with zero attached hydrogens (tertiary/aromatic N) is 2. The second-order valence-electron chi connectivity index (χ2n) is 6.40. The third-order valence-corrected chi connectivity index (χ3v) is 5.04. The molecule has 3 heteroatoms. The molecule has 1 aliphatic rings. The predicted molar refractivity (Wildman–Crippen MR) is 96.5 cm³/mol. The summed E-state index contributed by atoms with van der Waals surface area (Å²) in [5, 5.41) is 3.60. The first-order valence-electron chi connectivity index (χ1n) is 9.03. The van der Waals surface area contributed by atoms with E-state index in [1.54, 1.807) is 0 Å². The lowest BCUT2D eigenvalue weighted by Crippen LogP contribution is -2.46. The van der Waals surface area contributed by atoms with E-state index in [-0.39, 0.29) is 0 Å². The Bertz CT molecular complexity index is 403. The third kappa shape index (κ3) is 4.99. The minimum Gasteiger partial charge on any atom is -0.369 e. The molecule has 1 aliphatic heterocycles. The van der Waals surface area contributed by atoms with Crippen LogP contribution in [0.15, 0.2) is 24.3 Å². The minimum atomic E-state index is 0.814. The maximum absolute atomic E-state index is 3.60. The Balaban J connectivity index is 1.78. The first-order chi connectivity index (χ1) is 10.8. The van der Waals surface area contributed by atoms with Crippen LogP contribution in [0.2, 0.25) is 0 Å². The Morgan fingerprint density at radius 2 is 1.59 bits per heavy atom. The van der Waals surface area contributed by atoms with Gasteiger partial charge in [-0.25, -0.2) is 0 Å². The maximum atomic E-state index is 3.60. The van der Waals surface area contributed by atoms with Gasteiger partial charge < -0.3 is 15.1 Å². The molecular formula is C19H33N3. The Labute approximate surface area is 136 Å². The van der Waals surface area contributed by atoms with Crippen LogP contribution in [0.3, 0.4) is 0 Å². The fourth-order valence-electron chi connectivity index (χ4n) is 3.14. The van der Waals surface area contributed by atoms with Crippen LogP contribution in [0.25, 0.3) is 0 Å². The molecule has 1 aromatic rings. The first kappa shape index (κ1) is 17.3. The van der Waals surface area contributed by atoms with Gasteiger partial charge in [-0.05, 0) is 36.7 Å². The van der Waals surface area contributed by atoms with E-state index in [1.807, 2.05) is 0 Å². The van der Waals surface area contributed by atoms with Gasteiger partial charge in [-0.3, -0.25) is 0 Å². The maximum Gasteiger partial charge on any atom is 0.0367 e. The van der Waals surface area contributed by atoms with Gasteiger partial charge in [-0.15, -0.1) is 0 Å². The molecule has 0 bridgehead atoms. The standard InChI is InChI=1S/C19H33N3/c1-4-17(5-2)15-20-16-18-7-9-19(10-8-18)22-13-11-21(6-3)12-14-22/h7-10,17,20H,4-6,11-16H2,1-3H3. The van der Waals surface area contributed by atoms with Crippen LogP contribution in [0.1, 0.15) is 39.2 Å². The van der Waals surface area contributed by atoms with Crippen molar-refractivity contribution in [1.29, 1.82) is 0 Å². The number of likely N-dealkylation sites (N-methyl/N-ethyl adjacent to an activating group) is 1. The summed E-state index contributed by atoms with van der Waals surface area (Å²) in [5.41, 5.74) is 2.77. The summed E-state index contributed by atoms with van der Waals surface area (Å²) in [4.78, 5) is 5.03. The summed E-state index contributed by atoms with van der Waals surface area (Å²) in [7, 11) is 0. The number of hydrogen-bond acceptors (Lipinski definition) is 3. The van der Waals surface area contributed by atoms with E-state index in [0.717, 1.165) is 32.1 Å². The highest BCUT2D eigenvalue weighted by Gasteiger charge is 2.15. The van der Waals surface area contributed by atoms with Crippen molar-refractivity contribution in [3.63, 3.8) is 0 Å². The monoisotopic (exact) mass is 303 g/mol. The lowest BCUT2D eigenvalue weighted by molar-refractivity contribution is 0.271. The molecule has 1 fully saturated rings. The van der Waals surface area contributed by atoms with Gasteiger partial charge in [0.05, 0.1) is 0 Å². The number of benzene rings is 1. The highest BCUT2D eigenvalue weighted by Crippen LogP contribution is 2.17. The van der Waals surface area contributed by atoms with Crippen LogP contribution >= 0.6 is 0 Å². The Kier molecular flexibility index (Phi) is 7.20. The molecule has 1 aromatic carbocycles. The SMILES string of the molecule is CCC(CC)CNCc1ccc(N2CCN(CC)CC2)cc1. The Hall–Kier alpha value is -1.06. The van der Waals surface area contributed by atoms with E-state index in [2.05, 4.69) is 60.2 Å². The number of nitrogens with one attached hydrogen (secondary N) is 1. The molecule has 1 saturated heterocycles. The molecule has 0 spiro atoms. The fourth-order valence-corrected chi connectivity index (χ4v) is 3.14. The average molecular weight is 303 g/mol. The molecule has 1 N–H and O–H groups in total. The van der Waals surface area contributed by atoms with Crippen LogP contribution in [0.4, 0.5) is 5.69 Å². The van der Waals surface area contributed by atoms with E-state index >= 15 is 0 Å². The minimum absolute atomic E-state index is 0.814. The third-order valence-electron chi connectivity index (χ3n) is 5.04. The summed E-state index contributed by atoms with van der Waals surface area (Å²) < 4.78 is 0. The van der Waals surface area contributed by atoms with Gasteiger partial charge in [-0.2, -0.15) is 0 Å². The normalized spacial score (nSPS) is 16.5. The van der Waals surface area contributed by atoms with E-state index in [9.17, 15) is 0 Å². The Morgan fingerprint density at radius 1 is 0.955 bits per heavy atom. The van der Waals surface area contributed by atoms with Crippen molar-refractivity contribution in [2.24, 2.45) is 5.92 Å². The molecule has 22 heavy (non-hydrogen) atoms. The van der Waals surface area contributed by atoms with Crippen LogP contribution in [-0.2, 0) is 6.54 Å². The summed E-state index contributed by atoms with van der Waals surface area (Å²) in [6.45, 7) is 14.8. The van der Waals surface area contributed by atoms with Crippen molar-refractivity contribution < 1.29 is 0 Å². The fraction of sp³-hybridized carbons (Fsp3) is 0.684. The molecule has 0 atom stereocenters. The zero-order valence-corrected chi connectivity index (χ0v) is 14.6. The van der Waals surface area contributed by atoms with Crippen molar-refractivity contribution in [1.82, 2.24) is 10.2 Å². The summed E-state index contributed by atoms with van der Waals surface area (Å²) >= 11 is 0. The molecule has 0 aliphatic carbocycles. The second kappa shape index (κ2) is 9.16. The lowest BCUT2D eigenvalue weighted by atomic mass is 10.0. The second-order valence-corrected chi connectivity index (χ2v) is 6.40. The molecule has 0 radical (unpaired) electrons. The van der Waals surface area contributed by atoms with Gasteiger partial charge in [0.15, 0.2) is 0 Å². The quantitative estimate of drug-likeness (QED) is 0.794. The van der Waals surface area contributed by atoms with Crippen molar-refractivity contribution in [3.8, 4) is 0 Å². The summed E-state index contributed by atoms with van der Waals surface area (Å²) in [6.07, 6.45) is 2.54. The number of anilines is 1. The Morgan fingerprint density at radius 3 is 2.14 bits per heavy atom. The highest BCUT2D eigenvalue weighted by molar-refractivity contribution is 5.48. The van der Waals surface area contributed by atoms with Crippen LogP contribution in [0, 0.1) is 5.92 Å². The van der Waals surface area contributed by atoms with E-state index in [0.29, 0.717) is 0 Å². The summed E-state index contributed by atoms with van der Waals surface area (Å²) in [6, 6.07) is 9.13. The summed E-state index contributed by atoms with van der Waals surface area (Å²) in [5.74, 6) is 0.814. The molecular weight excluding hydrogens is 270 g/mol. The average Bonchev–Trinajstić information content (AvgIpc) is 2.59. The number of rotatable bonds is 8. The van der Waals surface area contributed by atoms with E-state index in [1.165, 1.54) is 43.7 Å². The molecule has 0 aromatic heterocycles. The van der Waals surface area contributed by atoms with Gasteiger partial charge in [0.25, 0.3) is 0 Å². The van der Waals surface area contributed by atoms with E-state index < -0.39 is 0 Å². The smallest absolute Gasteiger partial charge is 0.0367 e.